The fourth-order valence-electron chi connectivity index (χ4n) is 2.44. The number of halogens is 2. The molecule has 110 valence electrons. The highest BCUT2D eigenvalue weighted by molar-refractivity contribution is 6.33. The number of carboxylic acid groups (broad SMARTS) is 1. The molecular weight excluding hydrogens is 321 g/mol. The number of fused-ring (bicyclic) bond motifs is 1. The molecule has 0 aliphatic carbocycles. The van der Waals surface area contributed by atoms with Crippen molar-refractivity contribution in [3.05, 3.63) is 63.6 Å². The summed E-state index contributed by atoms with van der Waals surface area (Å²) >= 11 is 12.2. The molecule has 1 N–H and O–H groups in total. The van der Waals surface area contributed by atoms with Crippen molar-refractivity contribution in [3.63, 3.8) is 0 Å². The lowest BCUT2D eigenvalue weighted by atomic mass is 10.0. The van der Waals surface area contributed by atoms with Gasteiger partial charge in [-0.05, 0) is 36.8 Å². The molecule has 2 aromatic carbocycles. The number of pyridine rings is 1. The van der Waals surface area contributed by atoms with Crippen LogP contribution in [-0.2, 0) is 0 Å². The second-order valence-electron chi connectivity index (χ2n) is 4.96. The molecule has 3 nitrogen and oxygen atoms in total. The number of benzene rings is 2. The van der Waals surface area contributed by atoms with E-state index < -0.39 is 5.97 Å². The van der Waals surface area contributed by atoms with Gasteiger partial charge in [-0.25, -0.2) is 9.78 Å². The molecule has 0 spiro atoms. The summed E-state index contributed by atoms with van der Waals surface area (Å²) in [5.74, 6) is -1.03. The minimum absolute atomic E-state index is 0.158. The zero-order valence-corrected chi connectivity index (χ0v) is 13.1. The number of hydrogen-bond acceptors (Lipinski definition) is 2. The molecule has 5 heteroatoms. The van der Waals surface area contributed by atoms with Crippen LogP contribution in [0, 0.1) is 6.92 Å². The molecule has 0 atom stereocenters. The largest absolute Gasteiger partial charge is 0.478 e. The monoisotopic (exact) mass is 331 g/mol. The molecule has 22 heavy (non-hydrogen) atoms. The Morgan fingerprint density at radius 3 is 2.55 bits per heavy atom. The number of carbonyl (C=O) groups is 1. The lowest BCUT2D eigenvalue weighted by Crippen LogP contribution is -2.01. The first-order chi connectivity index (χ1) is 10.5. The third kappa shape index (κ3) is 2.54. The zero-order chi connectivity index (χ0) is 15.9. The maximum Gasteiger partial charge on any atom is 0.336 e. The standard InChI is InChI=1S/C17H11Cl2NO2/c1-9-6-10(18)7-12-13(17(21)22)8-15(20-16(9)12)11-4-2-3-5-14(11)19/h2-8H,1H3,(H,21,22). The van der Waals surface area contributed by atoms with E-state index in [-0.39, 0.29) is 5.56 Å². The fourth-order valence-corrected chi connectivity index (χ4v) is 2.95. The summed E-state index contributed by atoms with van der Waals surface area (Å²) in [5, 5.41) is 11.0. The number of nitrogens with zero attached hydrogens (tertiary/aromatic N) is 1. The van der Waals surface area contributed by atoms with Crippen LogP contribution in [0.15, 0.2) is 42.5 Å². The van der Waals surface area contributed by atoms with E-state index in [9.17, 15) is 9.90 Å². The van der Waals surface area contributed by atoms with E-state index in [1.807, 2.05) is 25.1 Å². The van der Waals surface area contributed by atoms with E-state index in [0.717, 1.165) is 5.56 Å². The minimum Gasteiger partial charge on any atom is -0.478 e. The summed E-state index contributed by atoms with van der Waals surface area (Å²) in [4.78, 5) is 16.2. The highest BCUT2D eigenvalue weighted by Crippen LogP contribution is 2.32. The Hall–Kier alpha value is -2.10. The van der Waals surface area contributed by atoms with Gasteiger partial charge < -0.3 is 5.11 Å². The van der Waals surface area contributed by atoms with Gasteiger partial charge in [0.25, 0.3) is 0 Å². The predicted molar refractivity (Wildman–Crippen MR) is 88.9 cm³/mol. The van der Waals surface area contributed by atoms with E-state index in [4.69, 9.17) is 23.2 Å². The van der Waals surface area contributed by atoms with Gasteiger partial charge in [-0.15, -0.1) is 0 Å². The van der Waals surface area contributed by atoms with Crippen LogP contribution in [0.2, 0.25) is 10.0 Å². The minimum atomic E-state index is -1.03. The van der Waals surface area contributed by atoms with Crippen molar-refractivity contribution in [2.24, 2.45) is 0 Å². The lowest BCUT2D eigenvalue weighted by molar-refractivity contribution is 0.0699. The molecule has 1 heterocycles. The van der Waals surface area contributed by atoms with Crippen molar-refractivity contribution in [3.8, 4) is 11.3 Å². The predicted octanol–water partition coefficient (Wildman–Crippen LogP) is 5.22. The topological polar surface area (TPSA) is 50.2 Å². The van der Waals surface area contributed by atoms with Gasteiger partial charge in [0.15, 0.2) is 0 Å². The number of hydrogen-bond donors (Lipinski definition) is 1. The fraction of sp³-hybridized carbons (Fsp3) is 0.0588. The van der Waals surface area contributed by atoms with Gasteiger partial charge in [0.2, 0.25) is 0 Å². The molecule has 3 aromatic rings. The first-order valence-corrected chi connectivity index (χ1v) is 7.32. The Morgan fingerprint density at radius 2 is 1.86 bits per heavy atom. The summed E-state index contributed by atoms with van der Waals surface area (Å²) in [5.41, 5.74) is 2.81. The molecule has 0 radical (unpaired) electrons. The summed E-state index contributed by atoms with van der Waals surface area (Å²) in [6.07, 6.45) is 0. The quantitative estimate of drug-likeness (QED) is 0.700. The van der Waals surface area contributed by atoms with Crippen molar-refractivity contribution in [2.45, 2.75) is 6.92 Å². The number of carboxylic acids is 1. The summed E-state index contributed by atoms with van der Waals surface area (Å²) < 4.78 is 0. The van der Waals surface area contributed by atoms with E-state index >= 15 is 0 Å². The Balaban J connectivity index is 2.40. The van der Waals surface area contributed by atoms with Gasteiger partial charge in [0.1, 0.15) is 0 Å². The van der Waals surface area contributed by atoms with Crippen molar-refractivity contribution in [1.82, 2.24) is 4.98 Å². The van der Waals surface area contributed by atoms with Crippen LogP contribution < -0.4 is 0 Å². The van der Waals surface area contributed by atoms with Gasteiger partial charge in [-0.2, -0.15) is 0 Å². The first-order valence-electron chi connectivity index (χ1n) is 6.56. The highest BCUT2D eigenvalue weighted by Gasteiger charge is 2.16. The second kappa shape index (κ2) is 5.59. The molecule has 0 amide bonds. The van der Waals surface area contributed by atoms with Gasteiger partial charge in [0, 0.05) is 21.0 Å². The van der Waals surface area contributed by atoms with Crippen LogP contribution >= 0.6 is 23.2 Å². The summed E-state index contributed by atoms with van der Waals surface area (Å²) in [6.45, 7) is 1.85. The van der Waals surface area contributed by atoms with E-state index in [1.165, 1.54) is 6.07 Å². The molecule has 0 aliphatic heterocycles. The number of rotatable bonds is 2. The van der Waals surface area contributed by atoms with E-state index in [2.05, 4.69) is 4.98 Å². The summed E-state index contributed by atoms with van der Waals surface area (Å²) in [7, 11) is 0. The number of aryl methyl sites for hydroxylation is 1. The van der Waals surface area contributed by atoms with Crippen molar-refractivity contribution in [1.29, 1.82) is 0 Å². The van der Waals surface area contributed by atoms with E-state index in [0.29, 0.717) is 32.2 Å². The molecule has 3 rings (SSSR count). The molecular formula is C17H11Cl2NO2. The third-order valence-corrected chi connectivity index (χ3v) is 4.00. The molecule has 0 fully saturated rings. The van der Waals surface area contributed by atoms with Crippen LogP contribution in [0.5, 0.6) is 0 Å². The Morgan fingerprint density at radius 1 is 1.14 bits per heavy atom. The maximum atomic E-state index is 11.6. The average molecular weight is 332 g/mol. The Bertz CT molecular complexity index is 907. The van der Waals surface area contributed by atoms with Gasteiger partial charge >= 0.3 is 5.97 Å². The second-order valence-corrected chi connectivity index (χ2v) is 5.80. The summed E-state index contributed by atoms with van der Waals surface area (Å²) in [6, 6.07) is 12.1. The Kier molecular flexibility index (Phi) is 3.77. The molecule has 0 bridgehead atoms. The maximum absolute atomic E-state index is 11.6. The number of aromatic nitrogens is 1. The van der Waals surface area contributed by atoms with Crippen molar-refractivity contribution >= 4 is 40.1 Å². The van der Waals surface area contributed by atoms with Gasteiger partial charge in [0.05, 0.1) is 16.8 Å². The van der Waals surface area contributed by atoms with Gasteiger partial charge in [-0.1, -0.05) is 41.4 Å². The van der Waals surface area contributed by atoms with Crippen LogP contribution in [0.1, 0.15) is 15.9 Å². The highest BCUT2D eigenvalue weighted by atomic mass is 35.5. The van der Waals surface area contributed by atoms with Gasteiger partial charge in [-0.3, -0.25) is 0 Å². The smallest absolute Gasteiger partial charge is 0.336 e. The molecule has 0 saturated carbocycles. The van der Waals surface area contributed by atoms with Crippen LogP contribution in [0.4, 0.5) is 0 Å². The van der Waals surface area contributed by atoms with Crippen LogP contribution in [-0.4, -0.2) is 16.1 Å². The van der Waals surface area contributed by atoms with Crippen molar-refractivity contribution in [2.75, 3.05) is 0 Å². The molecule has 0 saturated heterocycles. The van der Waals surface area contributed by atoms with Crippen LogP contribution in [0.3, 0.4) is 0 Å². The molecule has 0 unspecified atom stereocenters. The third-order valence-electron chi connectivity index (χ3n) is 3.45. The normalized spacial score (nSPS) is 10.9. The first kappa shape index (κ1) is 14.8. The lowest BCUT2D eigenvalue weighted by Gasteiger charge is -2.10. The van der Waals surface area contributed by atoms with Crippen molar-refractivity contribution < 1.29 is 9.90 Å². The molecule has 0 aliphatic rings. The van der Waals surface area contributed by atoms with Crippen LogP contribution in [0.25, 0.3) is 22.2 Å². The Labute approximate surface area is 137 Å². The van der Waals surface area contributed by atoms with E-state index in [1.54, 1.807) is 18.2 Å². The zero-order valence-electron chi connectivity index (χ0n) is 11.6. The average Bonchev–Trinajstić information content (AvgIpc) is 2.46. The SMILES string of the molecule is Cc1cc(Cl)cc2c(C(=O)O)cc(-c3ccccc3Cl)nc12. The molecule has 1 aromatic heterocycles. The number of aromatic carboxylic acids is 1.